The molecule has 0 aliphatic carbocycles. The number of nitro groups is 1. The largest absolute Gasteiger partial charge is 1.00 e. The fourth-order valence-corrected chi connectivity index (χ4v) is 1.63. The molecule has 1 N–H and O–H groups in total. The maximum absolute atomic E-state index is 10.5. The van der Waals surface area contributed by atoms with Crippen LogP contribution in [0, 0.1) is 10.1 Å². The Kier molecular flexibility index (Phi) is 9.32. The summed E-state index contributed by atoms with van der Waals surface area (Å²) in [7, 11) is 0. The van der Waals surface area contributed by atoms with Crippen LogP contribution in [-0.4, -0.2) is 37.4 Å². The van der Waals surface area contributed by atoms with Crippen LogP contribution >= 0.6 is 0 Å². The minimum absolute atomic E-state index is 0. The number of nitrogens with zero attached hydrogens (tertiary/aromatic N) is 2. The van der Waals surface area contributed by atoms with Crippen molar-refractivity contribution in [3.8, 4) is 0 Å². The molecule has 20 heavy (non-hydrogen) atoms. The summed E-state index contributed by atoms with van der Waals surface area (Å²) in [5.74, 6) is 0. The van der Waals surface area contributed by atoms with E-state index in [4.69, 9.17) is 4.84 Å². The van der Waals surface area contributed by atoms with Gasteiger partial charge in [-0.1, -0.05) is 5.16 Å². The van der Waals surface area contributed by atoms with Crippen LogP contribution < -0.4 is 17.3 Å². The Hall–Kier alpha value is -1.66. The van der Waals surface area contributed by atoms with Crippen LogP contribution in [0.2, 0.25) is 0 Å². The molecule has 7 heteroatoms. The number of nitro benzene ring substituents is 1. The van der Waals surface area contributed by atoms with Crippen molar-refractivity contribution in [2.75, 3.05) is 26.2 Å². The summed E-state index contributed by atoms with van der Waals surface area (Å²) < 4.78 is 0. The van der Waals surface area contributed by atoms with E-state index in [1.807, 2.05) is 0 Å². The van der Waals surface area contributed by atoms with Crippen molar-refractivity contribution < 1.29 is 27.1 Å². The quantitative estimate of drug-likeness (QED) is 0.258. The first kappa shape index (κ1) is 18.3. The standard InChI is InChI=1S/C13H19N3O3.ClH/c1-3-15(4-2)9-10-19-14-11-12-5-7-13(8-6-12)16(17)18;/h5-8,11H,3-4,9-10H2,1-2H3;1H/b14-11+;. The molecule has 0 heterocycles. The van der Waals surface area contributed by atoms with E-state index in [-0.39, 0.29) is 18.1 Å². The van der Waals surface area contributed by atoms with Gasteiger partial charge in [0.05, 0.1) is 24.2 Å². The van der Waals surface area contributed by atoms with Crippen LogP contribution in [0.15, 0.2) is 29.4 Å². The van der Waals surface area contributed by atoms with Crippen molar-refractivity contribution in [3.63, 3.8) is 0 Å². The SMILES string of the molecule is CC[NH+](CC)CCO/N=C/c1ccc([N+](=O)[O-])cc1.[Cl-]. The molecule has 0 amide bonds. The molecule has 1 rings (SSSR count). The number of hydrogen-bond acceptors (Lipinski definition) is 4. The van der Waals surface area contributed by atoms with E-state index in [1.54, 1.807) is 18.3 Å². The van der Waals surface area contributed by atoms with Gasteiger partial charge >= 0.3 is 0 Å². The lowest BCUT2D eigenvalue weighted by Gasteiger charge is -2.13. The Labute approximate surface area is 125 Å². The highest BCUT2D eigenvalue weighted by molar-refractivity contribution is 5.79. The number of nitrogens with one attached hydrogen (secondary N) is 1. The van der Waals surface area contributed by atoms with Gasteiger partial charge in [-0.15, -0.1) is 0 Å². The number of quaternary nitrogens is 1. The third-order valence-corrected chi connectivity index (χ3v) is 2.93. The number of rotatable bonds is 8. The molecule has 112 valence electrons. The fraction of sp³-hybridized carbons (Fsp3) is 0.462. The van der Waals surface area contributed by atoms with Gasteiger partial charge in [-0.3, -0.25) is 10.1 Å². The number of hydrogen-bond donors (Lipinski definition) is 1. The minimum atomic E-state index is -0.426. The summed E-state index contributed by atoms with van der Waals surface area (Å²) in [4.78, 5) is 16.7. The van der Waals surface area contributed by atoms with Gasteiger partial charge in [0.15, 0.2) is 6.61 Å². The summed E-state index contributed by atoms with van der Waals surface area (Å²) in [5.41, 5.74) is 0.851. The third kappa shape index (κ3) is 6.49. The number of halogens is 1. The second-order valence-corrected chi connectivity index (χ2v) is 4.12. The molecule has 0 saturated carbocycles. The smallest absolute Gasteiger partial charge is 0.269 e. The van der Waals surface area contributed by atoms with Gasteiger partial charge in [0, 0.05) is 12.1 Å². The molecular formula is C13H20ClN3O3. The zero-order valence-corrected chi connectivity index (χ0v) is 12.5. The first-order valence-electron chi connectivity index (χ1n) is 6.40. The molecule has 0 spiro atoms. The molecule has 0 bridgehead atoms. The monoisotopic (exact) mass is 301 g/mol. The van der Waals surface area contributed by atoms with Crippen LogP contribution in [0.3, 0.4) is 0 Å². The highest BCUT2D eigenvalue weighted by Gasteiger charge is 2.03. The number of oxime groups is 1. The highest BCUT2D eigenvalue weighted by Crippen LogP contribution is 2.10. The van der Waals surface area contributed by atoms with Crippen LogP contribution in [0.4, 0.5) is 5.69 Å². The molecule has 0 atom stereocenters. The van der Waals surface area contributed by atoms with Gasteiger partial charge in [-0.2, -0.15) is 0 Å². The summed E-state index contributed by atoms with van der Waals surface area (Å²) in [6, 6.07) is 6.17. The molecule has 0 aliphatic heterocycles. The molecule has 0 aliphatic rings. The molecule has 6 nitrogen and oxygen atoms in total. The van der Waals surface area contributed by atoms with Crippen molar-refractivity contribution in [1.82, 2.24) is 0 Å². The van der Waals surface area contributed by atoms with E-state index in [0.717, 1.165) is 25.2 Å². The van der Waals surface area contributed by atoms with Gasteiger partial charge in [0.25, 0.3) is 5.69 Å². The van der Waals surface area contributed by atoms with Crippen LogP contribution in [-0.2, 0) is 4.84 Å². The van der Waals surface area contributed by atoms with E-state index in [9.17, 15) is 10.1 Å². The summed E-state index contributed by atoms with van der Waals surface area (Å²) in [5, 5.41) is 14.3. The third-order valence-electron chi connectivity index (χ3n) is 2.93. The summed E-state index contributed by atoms with van der Waals surface area (Å²) >= 11 is 0. The zero-order chi connectivity index (χ0) is 14.1. The number of benzene rings is 1. The first-order chi connectivity index (χ1) is 9.17. The van der Waals surface area contributed by atoms with E-state index in [2.05, 4.69) is 19.0 Å². The van der Waals surface area contributed by atoms with Crippen molar-refractivity contribution in [2.45, 2.75) is 13.8 Å². The summed E-state index contributed by atoms with van der Waals surface area (Å²) in [6.07, 6.45) is 1.56. The molecule has 0 aromatic heterocycles. The first-order valence-corrected chi connectivity index (χ1v) is 6.40. The maximum atomic E-state index is 10.5. The highest BCUT2D eigenvalue weighted by atomic mass is 35.5. The lowest BCUT2D eigenvalue weighted by Crippen LogP contribution is -3.11. The van der Waals surface area contributed by atoms with E-state index >= 15 is 0 Å². The molecule has 1 aromatic carbocycles. The molecule has 0 unspecified atom stereocenters. The average molecular weight is 302 g/mol. The van der Waals surface area contributed by atoms with Crippen molar-refractivity contribution >= 4 is 11.9 Å². The van der Waals surface area contributed by atoms with Gasteiger partial charge in [0.1, 0.15) is 6.54 Å². The number of non-ortho nitro benzene ring substituents is 1. The van der Waals surface area contributed by atoms with Crippen LogP contribution in [0.1, 0.15) is 19.4 Å². The molecular weight excluding hydrogens is 282 g/mol. The van der Waals surface area contributed by atoms with Crippen LogP contribution in [0.5, 0.6) is 0 Å². The second-order valence-electron chi connectivity index (χ2n) is 4.12. The molecule has 0 saturated heterocycles. The summed E-state index contributed by atoms with van der Waals surface area (Å²) in [6.45, 7) is 7.92. The van der Waals surface area contributed by atoms with E-state index < -0.39 is 4.92 Å². The minimum Gasteiger partial charge on any atom is -1.00 e. The Morgan fingerprint density at radius 3 is 2.40 bits per heavy atom. The molecule has 0 fully saturated rings. The Bertz CT molecular complexity index is 419. The second kappa shape index (κ2) is 10.2. The molecule has 1 aromatic rings. The predicted octanol–water partition coefficient (Wildman–Crippen LogP) is -2.13. The topological polar surface area (TPSA) is 69.2 Å². The predicted molar refractivity (Wildman–Crippen MR) is 73.6 cm³/mol. The van der Waals surface area contributed by atoms with Crippen molar-refractivity contribution in [3.05, 3.63) is 39.9 Å². The molecule has 0 radical (unpaired) electrons. The Morgan fingerprint density at radius 1 is 1.30 bits per heavy atom. The van der Waals surface area contributed by atoms with Crippen molar-refractivity contribution in [1.29, 1.82) is 0 Å². The fourth-order valence-electron chi connectivity index (χ4n) is 1.63. The lowest BCUT2D eigenvalue weighted by molar-refractivity contribution is -0.896. The van der Waals surface area contributed by atoms with Crippen LogP contribution in [0.25, 0.3) is 0 Å². The van der Waals surface area contributed by atoms with Gasteiger partial charge in [-0.25, -0.2) is 0 Å². The number of likely N-dealkylation sites (N-methyl/N-ethyl adjacent to an activating group) is 1. The Balaban J connectivity index is 0.00000361. The van der Waals surface area contributed by atoms with Gasteiger partial charge in [0.2, 0.25) is 0 Å². The van der Waals surface area contributed by atoms with Crippen molar-refractivity contribution in [2.24, 2.45) is 5.16 Å². The maximum Gasteiger partial charge on any atom is 0.269 e. The average Bonchev–Trinajstić information content (AvgIpc) is 2.43. The zero-order valence-electron chi connectivity index (χ0n) is 11.7. The van der Waals surface area contributed by atoms with E-state index in [0.29, 0.717) is 6.61 Å². The van der Waals surface area contributed by atoms with Gasteiger partial charge in [-0.05, 0) is 31.5 Å². The lowest BCUT2D eigenvalue weighted by atomic mass is 10.2. The normalized spacial score (nSPS) is 10.6. The van der Waals surface area contributed by atoms with Gasteiger partial charge < -0.3 is 22.1 Å². The Morgan fingerprint density at radius 2 is 1.90 bits per heavy atom. The van der Waals surface area contributed by atoms with E-state index in [1.165, 1.54) is 17.0 Å².